The Balaban J connectivity index is 1.70. The van der Waals surface area contributed by atoms with Gasteiger partial charge in [0.25, 0.3) is 5.91 Å². The molecule has 1 aromatic heterocycles. The molecule has 128 valence electrons. The quantitative estimate of drug-likeness (QED) is 0.551. The van der Waals surface area contributed by atoms with Crippen molar-refractivity contribution >= 4 is 5.91 Å². The average Bonchev–Trinajstić information content (AvgIpc) is 3.14. The fraction of sp³-hybridized carbons (Fsp3) is 0.158. The second kappa shape index (κ2) is 7.63. The molecule has 1 unspecified atom stereocenters. The van der Waals surface area contributed by atoms with Gasteiger partial charge in [0, 0.05) is 12.4 Å². The molecule has 1 atom stereocenters. The predicted octanol–water partition coefficient (Wildman–Crippen LogP) is 3.65. The molecule has 0 radical (unpaired) electrons. The lowest BCUT2D eigenvalue weighted by atomic mass is 10.00. The summed E-state index contributed by atoms with van der Waals surface area (Å²) in [5, 5.41) is 10.7. The van der Waals surface area contributed by atoms with Crippen molar-refractivity contribution < 1.29 is 14.7 Å². The number of rotatable bonds is 6. The number of aromatic nitrogens is 2. The van der Waals surface area contributed by atoms with Gasteiger partial charge in [0.2, 0.25) is 0 Å². The minimum absolute atomic E-state index is 0.0311. The lowest BCUT2D eigenvalue weighted by molar-refractivity contribution is -0.174. The van der Waals surface area contributed by atoms with Crippen LogP contribution >= 0.6 is 0 Å². The van der Waals surface area contributed by atoms with Crippen molar-refractivity contribution in [3.05, 3.63) is 78.9 Å². The zero-order valence-electron chi connectivity index (χ0n) is 13.8. The highest BCUT2D eigenvalue weighted by atomic mass is 16.5. The third-order valence-corrected chi connectivity index (χ3v) is 3.82. The summed E-state index contributed by atoms with van der Waals surface area (Å²) in [6, 6.07) is 16.7. The molecule has 1 amide bonds. The van der Waals surface area contributed by atoms with Crippen LogP contribution in [0.25, 0.3) is 0 Å². The van der Waals surface area contributed by atoms with Crippen LogP contribution < -0.4 is 4.74 Å². The van der Waals surface area contributed by atoms with E-state index in [1.54, 1.807) is 30.0 Å². The second-order valence-corrected chi connectivity index (χ2v) is 5.67. The van der Waals surface area contributed by atoms with E-state index < -0.39 is 11.8 Å². The van der Waals surface area contributed by atoms with Crippen molar-refractivity contribution in [1.82, 2.24) is 14.6 Å². The molecule has 1 heterocycles. The molecular weight excluding hydrogens is 318 g/mol. The standard InChI is InChI=1S/C19H19N3O3/c1-15(19(23)22(24)14-21-11-10-20-13-21)16-6-5-9-18(12-16)25-17-7-3-2-4-8-17/h2-13,15,24H,14H2,1H3. The highest BCUT2D eigenvalue weighted by Crippen LogP contribution is 2.26. The number of carbonyl (C=O) groups is 1. The molecule has 25 heavy (non-hydrogen) atoms. The minimum Gasteiger partial charge on any atom is -0.457 e. The van der Waals surface area contributed by atoms with Gasteiger partial charge in [-0.15, -0.1) is 0 Å². The Morgan fingerprint density at radius 3 is 2.68 bits per heavy atom. The summed E-state index contributed by atoms with van der Waals surface area (Å²) in [6.45, 7) is 1.78. The number of imidazole rings is 1. The lowest BCUT2D eigenvalue weighted by Gasteiger charge is -2.20. The molecule has 6 heteroatoms. The maximum absolute atomic E-state index is 12.4. The summed E-state index contributed by atoms with van der Waals surface area (Å²) in [5.41, 5.74) is 0.767. The normalized spacial score (nSPS) is 11.8. The number of ether oxygens (including phenoxy) is 1. The average molecular weight is 337 g/mol. The maximum Gasteiger partial charge on any atom is 0.254 e. The molecule has 2 aromatic carbocycles. The summed E-state index contributed by atoms with van der Waals surface area (Å²) in [5.74, 6) is 0.461. The Morgan fingerprint density at radius 2 is 1.96 bits per heavy atom. The highest BCUT2D eigenvalue weighted by Gasteiger charge is 2.21. The smallest absolute Gasteiger partial charge is 0.254 e. The van der Waals surface area contributed by atoms with Crippen molar-refractivity contribution in [1.29, 1.82) is 0 Å². The first-order valence-electron chi connectivity index (χ1n) is 7.92. The fourth-order valence-electron chi connectivity index (χ4n) is 2.43. The number of hydroxylamine groups is 2. The van der Waals surface area contributed by atoms with E-state index in [9.17, 15) is 10.0 Å². The minimum atomic E-state index is -0.507. The van der Waals surface area contributed by atoms with Gasteiger partial charge in [-0.25, -0.2) is 10.0 Å². The van der Waals surface area contributed by atoms with Crippen molar-refractivity contribution in [2.24, 2.45) is 0 Å². The molecule has 1 N–H and O–H groups in total. The Morgan fingerprint density at radius 1 is 1.20 bits per heavy atom. The van der Waals surface area contributed by atoms with E-state index in [4.69, 9.17) is 4.74 Å². The van der Waals surface area contributed by atoms with Gasteiger partial charge in [0.1, 0.15) is 18.2 Å². The Kier molecular flexibility index (Phi) is 5.11. The van der Waals surface area contributed by atoms with E-state index in [-0.39, 0.29) is 6.67 Å². The summed E-state index contributed by atoms with van der Waals surface area (Å²) in [7, 11) is 0. The van der Waals surface area contributed by atoms with Crippen LogP contribution in [-0.2, 0) is 11.5 Å². The van der Waals surface area contributed by atoms with Gasteiger partial charge in [0.15, 0.2) is 0 Å². The van der Waals surface area contributed by atoms with Crippen molar-refractivity contribution in [2.45, 2.75) is 19.5 Å². The van der Waals surface area contributed by atoms with E-state index in [1.165, 1.54) is 6.33 Å². The molecule has 0 bridgehead atoms. The van der Waals surface area contributed by atoms with Crippen LogP contribution in [0.1, 0.15) is 18.4 Å². The largest absolute Gasteiger partial charge is 0.457 e. The number of benzene rings is 2. The lowest BCUT2D eigenvalue weighted by Crippen LogP contribution is -2.32. The Hall–Kier alpha value is -3.12. The first-order chi connectivity index (χ1) is 12.1. The first-order valence-corrected chi connectivity index (χ1v) is 7.92. The van der Waals surface area contributed by atoms with Crippen molar-refractivity contribution in [3.8, 4) is 11.5 Å². The summed E-state index contributed by atoms with van der Waals surface area (Å²) < 4.78 is 7.41. The van der Waals surface area contributed by atoms with E-state index in [0.29, 0.717) is 10.8 Å². The number of amides is 1. The Labute approximate surface area is 145 Å². The molecule has 6 nitrogen and oxygen atoms in total. The molecule has 0 saturated heterocycles. The SMILES string of the molecule is CC(C(=O)N(O)Cn1ccnc1)c1cccc(Oc2ccccc2)c1. The number of hydrogen-bond acceptors (Lipinski definition) is 4. The molecule has 0 aliphatic heterocycles. The third-order valence-electron chi connectivity index (χ3n) is 3.82. The number of hydrogen-bond donors (Lipinski definition) is 1. The zero-order valence-corrected chi connectivity index (χ0v) is 13.8. The van der Waals surface area contributed by atoms with Crippen LogP contribution in [0.5, 0.6) is 11.5 Å². The monoisotopic (exact) mass is 337 g/mol. The van der Waals surface area contributed by atoms with Crippen LogP contribution in [-0.4, -0.2) is 25.7 Å². The van der Waals surface area contributed by atoms with E-state index in [2.05, 4.69) is 4.98 Å². The van der Waals surface area contributed by atoms with Gasteiger partial charge in [-0.3, -0.25) is 10.0 Å². The summed E-state index contributed by atoms with van der Waals surface area (Å²) in [6.07, 6.45) is 4.80. The van der Waals surface area contributed by atoms with Crippen molar-refractivity contribution in [2.75, 3.05) is 0 Å². The Bertz CT molecular complexity index is 819. The van der Waals surface area contributed by atoms with E-state index >= 15 is 0 Å². The topological polar surface area (TPSA) is 67.6 Å². The third kappa shape index (κ3) is 4.24. The summed E-state index contributed by atoms with van der Waals surface area (Å²) >= 11 is 0. The molecule has 3 rings (SSSR count). The molecule has 0 aliphatic carbocycles. The molecule has 0 spiro atoms. The van der Waals surface area contributed by atoms with Gasteiger partial charge in [-0.05, 0) is 36.8 Å². The predicted molar refractivity (Wildman–Crippen MR) is 92.2 cm³/mol. The zero-order chi connectivity index (χ0) is 17.6. The number of nitrogens with zero attached hydrogens (tertiary/aromatic N) is 3. The highest BCUT2D eigenvalue weighted by molar-refractivity contribution is 5.82. The van der Waals surface area contributed by atoms with Crippen LogP contribution in [0, 0.1) is 0 Å². The molecule has 3 aromatic rings. The molecule has 0 saturated carbocycles. The van der Waals surface area contributed by atoms with Gasteiger partial charge < -0.3 is 9.30 Å². The van der Waals surface area contributed by atoms with Crippen LogP contribution in [0.4, 0.5) is 0 Å². The molecular formula is C19H19N3O3. The number of para-hydroxylation sites is 1. The maximum atomic E-state index is 12.4. The molecule has 0 fully saturated rings. The van der Waals surface area contributed by atoms with Crippen molar-refractivity contribution in [3.63, 3.8) is 0 Å². The molecule has 0 aliphatic rings. The van der Waals surface area contributed by atoms with Gasteiger partial charge in [-0.1, -0.05) is 30.3 Å². The van der Waals surface area contributed by atoms with Gasteiger partial charge in [-0.2, -0.15) is 0 Å². The van der Waals surface area contributed by atoms with Crippen LogP contribution in [0.2, 0.25) is 0 Å². The summed E-state index contributed by atoms with van der Waals surface area (Å²) in [4.78, 5) is 16.3. The fourth-order valence-corrected chi connectivity index (χ4v) is 2.43. The van der Waals surface area contributed by atoms with Crippen LogP contribution in [0.15, 0.2) is 73.3 Å². The van der Waals surface area contributed by atoms with Crippen LogP contribution in [0.3, 0.4) is 0 Å². The second-order valence-electron chi connectivity index (χ2n) is 5.67. The first kappa shape index (κ1) is 16.7. The van der Waals surface area contributed by atoms with Gasteiger partial charge in [0.05, 0.1) is 12.2 Å². The van der Waals surface area contributed by atoms with Gasteiger partial charge >= 0.3 is 0 Å². The van der Waals surface area contributed by atoms with E-state index in [0.717, 1.165) is 11.3 Å². The van der Waals surface area contributed by atoms with E-state index in [1.807, 2.05) is 48.5 Å². The number of carbonyl (C=O) groups excluding carboxylic acids is 1.